The number of nitrogens with zero attached hydrogens (tertiary/aromatic N) is 3. The lowest BCUT2D eigenvalue weighted by atomic mass is 10.3. The van der Waals surface area contributed by atoms with Crippen molar-refractivity contribution >= 4 is 27.8 Å². The summed E-state index contributed by atoms with van der Waals surface area (Å²) < 4.78 is 20.8. The van der Waals surface area contributed by atoms with Crippen LogP contribution < -0.4 is 0 Å². The van der Waals surface area contributed by atoms with Crippen LogP contribution >= 0.6 is 0 Å². The van der Waals surface area contributed by atoms with Crippen molar-refractivity contribution < 1.29 is 8.76 Å². The Balaban J connectivity index is 0.000000142. The summed E-state index contributed by atoms with van der Waals surface area (Å²) in [5.41, 5.74) is 3.12. The van der Waals surface area contributed by atoms with Crippen LogP contribution in [0.3, 0.4) is 0 Å². The van der Waals surface area contributed by atoms with Crippen LogP contribution in [-0.4, -0.2) is 28.3 Å². The third-order valence-electron chi connectivity index (χ3n) is 3.19. The van der Waals surface area contributed by atoms with Gasteiger partial charge in [0.15, 0.2) is 16.7 Å². The lowest BCUT2D eigenvalue weighted by Gasteiger charge is -1.96. The van der Waals surface area contributed by atoms with Gasteiger partial charge < -0.3 is 9.54 Å². The van der Waals surface area contributed by atoms with E-state index in [4.69, 9.17) is 4.55 Å². The second-order valence-electron chi connectivity index (χ2n) is 4.61. The number of aryl methyl sites for hydroxylation is 1. The zero-order valence-electron chi connectivity index (χ0n) is 11.8. The molecule has 6 nitrogen and oxygen atoms in total. The Bertz CT molecular complexity index is 930. The highest BCUT2D eigenvalue weighted by Gasteiger charge is 2.04. The highest BCUT2D eigenvalue weighted by Crippen LogP contribution is 2.15. The number of benzene rings is 1. The quantitative estimate of drug-likeness (QED) is 0.529. The number of fused-ring (bicyclic) bond motifs is 3. The number of hydrogen-bond donors (Lipinski definition) is 2. The van der Waals surface area contributed by atoms with Gasteiger partial charge in [0.1, 0.15) is 5.82 Å². The molecule has 22 heavy (non-hydrogen) atoms. The van der Waals surface area contributed by atoms with Crippen LogP contribution in [0.4, 0.5) is 0 Å². The first kappa shape index (κ1) is 14.4. The first-order chi connectivity index (χ1) is 10.7. The van der Waals surface area contributed by atoms with Crippen molar-refractivity contribution in [1.82, 2.24) is 19.6 Å². The number of pyridine rings is 1. The summed E-state index contributed by atoms with van der Waals surface area (Å²) in [6.45, 7) is 1.95. The normalized spacial score (nSPS) is 12.1. The SMILES string of the molecule is Cc1nnc2ccc3[nH]ccc3n12.O=S(O)c1ccccc1. The Kier molecular flexibility index (Phi) is 3.99. The van der Waals surface area contributed by atoms with Crippen molar-refractivity contribution in [2.75, 3.05) is 0 Å². The second kappa shape index (κ2) is 6.08. The summed E-state index contributed by atoms with van der Waals surface area (Å²) in [5, 5.41) is 8.07. The number of H-pyrrole nitrogens is 1. The van der Waals surface area contributed by atoms with Crippen molar-refractivity contribution in [3.8, 4) is 0 Å². The third-order valence-corrected chi connectivity index (χ3v) is 3.87. The van der Waals surface area contributed by atoms with Gasteiger partial charge in [0, 0.05) is 6.20 Å². The maximum Gasteiger partial charge on any atom is 0.186 e. The summed E-state index contributed by atoms with van der Waals surface area (Å²) >= 11 is -1.83. The van der Waals surface area contributed by atoms with Crippen molar-refractivity contribution in [2.45, 2.75) is 11.8 Å². The van der Waals surface area contributed by atoms with Crippen molar-refractivity contribution in [2.24, 2.45) is 0 Å². The molecule has 0 saturated heterocycles. The molecule has 4 rings (SSSR count). The van der Waals surface area contributed by atoms with Gasteiger partial charge in [0.2, 0.25) is 0 Å². The first-order valence-electron chi connectivity index (χ1n) is 6.60. The van der Waals surface area contributed by atoms with E-state index in [0.29, 0.717) is 4.90 Å². The minimum atomic E-state index is -1.83. The first-order valence-corrected chi connectivity index (χ1v) is 7.71. The Morgan fingerprint density at radius 1 is 1.09 bits per heavy atom. The topological polar surface area (TPSA) is 83.3 Å². The smallest absolute Gasteiger partial charge is 0.186 e. The van der Waals surface area contributed by atoms with E-state index < -0.39 is 11.1 Å². The number of aromatic amines is 1. The highest BCUT2D eigenvalue weighted by atomic mass is 32.2. The van der Waals surface area contributed by atoms with Gasteiger partial charge in [-0.25, -0.2) is 4.21 Å². The molecule has 1 aromatic carbocycles. The van der Waals surface area contributed by atoms with E-state index in [-0.39, 0.29) is 0 Å². The Morgan fingerprint density at radius 3 is 2.55 bits per heavy atom. The van der Waals surface area contributed by atoms with Crippen LogP contribution in [0.25, 0.3) is 16.7 Å². The van der Waals surface area contributed by atoms with Crippen molar-refractivity contribution in [3.63, 3.8) is 0 Å². The van der Waals surface area contributed by atoms with Gasteiger partial charge in [-0.05, 0) is 37.3 Å². The fraction of sp³-hybridized carbons (Fsp3) is 0.0667. The molecule has 0 radical (unpaired) electrons. The van der Waals surface area contributed by atoms with Gasteiger partial charge in [-0.1, -0.05) is 18.2 Å². The highest BCUT2D eigenvalue weighted by molar-refractivity contribution is 7.79. The zero-order chi connectivity index (χ0) is 15.5. The monoisotopic (exact) mass is 314 g/mol. The molecule has 0 aliphatic rings. The van der Waals surface area contributed by atoms with Crippen LogP contribution in [0, 0.1) is 6.92 Å². The fourth-order valence-corrected chi connectivity index (χ4v) is 2.57. The van der Waals surface area contributed by atoms with E-state index in [1.54, 1.807) is 30.3 Å². The standard InChI is InChI=1S/C9H8N4.C6H6O2S/c1-6-11-12-9-3-2-7-8(13(6)9)4-5-10-7;7-9(8)6-4-2-1-3-5-6/h2-5,10H,1H3;1-5H,(H,7,8). The average molecular weight is 314 g/mol. The molecule has 4 aromatic rings. The molecule has 3 aromatic heterocycles. The van der Waals surface area contributed by atoms with Crippen LogP contribution in [-0.2, 0) is 11.1 Å². The van der Waals surface area contributed by atoms with Crippen LogP contribution in [0.5, 0.6) is 0 Å². The molecule has 0 fully saturated rings. The summed E-state index contributed by atoms with van der Waals surface area (Å²) in [7, 11) is 0. The molecule has 1 atom stereocenters. The zero-order valence-corrected chi connectivity index (χ0v) is 12.6. The number of rotatable bonds is 1. The number of hydrogen-bond acceptors (Lipinski definition) is 3. The minimum absolute atomic E-state index is 0.442. The van der Waals surface area contributed by atoms with Gasteiger partial charge in [-0.15, -0.1) is 10.2 Å². The maximum atomic E-state index is 10.3. The molecular formula is C15H14N4O2S. The Morgan fingerprint density at radius 2 is 1.86 bits per heavy atom. The lowest BCUT2D eigenvalue weighted by Crippen LogP contribution is -1.88. The van der Waals surface area contributed by atoms with Gasteiger partial charge >= 0.3 is 0 Å². The van der Waals surface area contributed by atoms with Gasteiger partial charge in [0.25, 0.3) is 0 Å². The molecule has 112 valence electrons. The average Bonchev–Trinajstić information content (AvgIpc) is 3.15. The van der Waals surface area contributed by atoms with E-state index in [9.17, 15) is 4.21 Å². The molecule has 3 heterocycles. The lowest BCUT2D eigenvalue weighted by molar-refractivity contribution is 0.564. The maximum absolute atomic E-state index is 10.3. The van der Waals surface area contributed by atoms with Crippen LogP contribution in [0.15, 0.2) is 59.6 Å². The van der Waals surface area contributed by atoms with E-state index in [1.807, 2.05) is 35.7 Å². The summed E-state index contributed by atoms with van der Waals surface area (Å²) in [5.74, 6) is 0.917. The largest absolute Gasteiger partial charge is 0.360 e. The van der Waals surface area contributed by atoms with E-state index in [1.165, 1.54) is 0 Å². The van der Waals surface area contributed by atoms with Crippen LogP contribution in [0.2, 0.25) is 0 Å². The molecule has 0 aliphatic carbocycles. The summed E-state index contributed by atoms with van der Waals surface area (Å²) in [6.07, 6.45) is 1.92. The van der Waals surface area contributed by atoms with Crippen molar-refractivity contribution in [1.29, 1.82) is 0 Å². The van der Waals surface area contributed by atoms with E-state index >= 15 is 0 Å². The molecule has 0 bridgehead atoms. The second-order valence-corrected chi connectivity index (χ2v) is 5.58. The molecule has 7 heteroatoms. The molecule has 0 aliphatic heterocycles. The fourth-order valence-electron chi connectivity index (χ4n) is 2.18. The predicted octanol–water partition coefficient (Wildman–Crippen LogP) is 2.79. The molecule has 0 amide bonds. The van der Waals surface area contributed by atoms with E-state index in [2.05, 4.69) is 15.2 Å². The summed E-state index contributed by atoms with van der Waals surface area (Å²) in [6, 6.07) is 14.5. The summed E-state index contributed by atoms with van der Waals surface area (Å²) in [4.78, 5) is 3.59. The van der Waals surface area contributed by atoms with Crippen molar-refractivity contribution in [3.05, 3.63) is 60.6 Å². The third kappa shape index (κ3) is 2.76. The molecule has 0 saturated carbocycles. The van der Waals surface area contributed by atoms with Gasteiger partial charge in [-0.3, -0.25) is 4.40 Å². The van der Waals surface area contributed by atoms with Gasteiger partial charge in [0.05, 0.1) is 15.9 Å². The molecule has 2 N–H and O–H groups in total. The van der Waals surface area contributed by atoms with Gasteiger partial charge in [-0.2, -0.15) is 0 Å². The predicted molar refractivity (Wildman–Crippen MR) is 85.1 cm³/mol. The Labute approximate surface area is 129 Å². The number of aromatic nitrogens is 4. The van der Waals surface area contributed by atoms with Crippen LogP contribution in [0.1, 0.15) is 5.82 Å². The molecule has 0 spiro atoms. The minimum Gasteiger partial charge on any atom is -0.360 e. The number of nitrogens with one attached hydrogen (secondary N) is 1. The molecular weight excluding hydrogens is 300 g/mol. The molecule has 1 unspecified atom stereocenters. The Hall–Kier alpha value is -2.51. The van der Waals surface area contributed by atoms with E-state index in [0.717, 1.165) is 22.5 Å².